The molecular weight excluding hydrogens is 260 g/mol. The van der Waals surface area contributed by atoms with Crippen LogP contribution >= 0.6 is 11.8 Å². The maximum Gasteiger partial charge on any atom is 0.0827 e. The van der Waals surface area contributed by atoms with Gasteiger partial charge in [0.05, 0.1) is 19.3 Å². The van der Waals surface area contributed by atoms with E-state index in [1.54, 1.807) is 0 Å². The van der Waals surface area contributed by atoms with E-state index in [4.69, 9.17) is 9.47 Å². The second kappa shape index (κ2) is 10.9. The van der Waals surface area contributed by atoms with Crippen molar-refractivity contribution in [1.29, 1.82) is 0 Å². The molecule has 1 aliphatic heterocycles. The third-order valence-electron chi connectivity index (χ3n) is 3.23. The molecule has 1 aliphatic rings. The molecule has 1 heterocycles. The second-order valence-electron chi connectivity index (χ2n) is 5.48. The largest absolute Gasteiger partial charge is 0.380 e. The van der Waals surface area contributed by atoms with Crippen molar-refractivity contribution >= 4 is 11.8 Å². The number of hydrogen-bond acceptors (Lipinski definition) is 5. The molecule has 0 amide bonds. The van der Waals surface area contributed by atoms with Gasteiger partial charge in [0.2, 0.25) is 0 Å². The Kier molecular flexibility index (Phi) is 9.91. The molecule has 1 atom stereocenters. The number of hydrogen-bond donors (Lipinski definition) is 1. The lowest BCUT2D eigenvalue weighted by Gasteiger charge is -2.32. The van der Waals surface area contributed by atoms with Crippen molar-refractivity contribution in [1.82, 2.24) is 10.2 Å². The van der Waals surface area contributed by atoms with Crippen LogP contribution in [0.1, 0.15) is 20.3 Å². The van der Waals surface area contributed by atoms with Crippen LogP contribution in [0, 0.1) is 5.92 Å². The van der Waals surface area contributed by atoms with Crippen molar-refractivity contribution < 1.29 is 9.47 Å². The monoisotopic (exact) mass is 290 g/mol. The molecule has 19 heavy (non-hydrogen) atoms. The van der Waals surface area contributed by atoms with E-state index in [0.717, 1.165) is 64.2 Å². The predicted molar refractivity (Wildman–Crippen MR) is 82.8 cm³/mol. The normalized spacial score (nSPS) is 21.2. The quantitative estimate of drug-likeness (QED) is 0.489. The molecule has 4 nitrogen and oxygen atoms in total. The molecule has 0 bridgehead atoms. The van der Waals surface area contributed by atoms with Gasteiger partial charge in [0, 0.05) is 38.7 Å². The van der Waals surface area contributed by atoms with E-state index in [1.807, 2.05) is 11.8 Å². The van der Waals surface area contributed by atoms with Crippen LogP contribution in [0.3, 0.4) is 0 Å². The number of nitrogens with zero attached hydrogens (tertiary/aromatic N) is 1. The Morgan fingerprint density at radius 1 is 1.42 bits per heavy atom. The Morgan fingerprint density at radius 2 is 2.26 bits per heavy atom. The van der Waals surface area contributed by atoms with Crippen molar-refractivity contribution in [2.45, 2.75) is 26.4 Å². The number of rotatable bonds is 10. The predicted octanol–water partition coefficient (Wildman–Crippen LogP) is 1.66. The number of ether oxygens (including phenoxy) is 2. The topological polar surface area (TPSA) is 33.7 Å². The summed E-state index contributed by atoms with van der Waals surface area (Å²) < 4.78 is 11.4. The summed E-state index contributed by atoms with van der Waals surface area (Å²) in [5.74, 6) is 1.73. The molecule has 1 rings (SSSR count). The first-order valence-corrected chi connectivity index (χ1v) is 8.73. The van der Waals surface area contributed by atoms with Gasteiger partial charge in [0.15, 0.2) is 0 Å². The molecule has 0 saturated carbocycles. The van der Waals surface area contributed by atoms with Crippen LogP contribution in [-0.2, 0) is 9.47 Å². The van der Waals surface area contributed by atoms with Crippen molar-refractivity contribution in [3.8, 4) is 0 Å². The highest BCUT2D eigenvalue weighted by atomic mass is 32.2. The lowest BCUT2D eigenvalue weighted by atomic mass is 10.1. The molecule has 0 aliphatic carbocycles. The molecule has 5 heteroatoms. The van der Waals surface area contributed by atoms with Crippen LogP contribution in [0.4, 0.5) is 0 Å². The van der Waals surface area contributed by atoms with E-state index in [-0.39, 0.29) is 0 Å². The van der Waals surface area contributed by atoms with Gasteiger partial charge in [-0.05, 0) is 18.6 Å². The Morgan fingerprint density at radius 3 is 3.00 bits per heavy atom. The summed E-state index contributed by atoms with van der Waals surface area (Å²) in [6.45, 7) is 11.1. The molecule has 0 radical (unpaired) electrons. The second-order valence-corrected chi connectivity index (χ2v) is 6.34. The maximum atomic E-state index is 5.76. The number of morpholine rings is 1. The summed E-state index contributed by atoms with van der Waals surface area (Å²) in [7, 11) is 0. The van der Waals surface area contributed by atoms with Gasteiger partial charge in [-0.1, -0.05) is 13.8 Å². The van der Waals surface area contributed by atoms with Crippen LogP contribution < -0.4 is 5.32 Å². The molecule has 1 fully saturated rings. The Balaban J connectivity index is 2.03. The Labute approximate surface area is 122 Å². The van der Waals surface area contributed by atoms with Crippen LogP contribution in [0.15, 0.2) is 0 Å². The lowest BCUT2D eigenvalue weighted by Crippen LogP contribution is -2.47. The first-order chi connectivity index (χ1) is 9.22. The van der Waals surface area contributed by atoms with Crippen molar-refractivity contribution in [2.24, 2.45) is 5.92 Å². The first-order valence-electron chi connectivity index (χ1n) is 7.33. The van der Waals surface area contributed by atoms with E-state index in [2.05, 4.69) is 30.3 Å². The first kappa shape index (κ1) is 17.2. The van der Waals surface area contributed by atoms with Crippen LogP contribution in [0.2, 0.25) is 0 Å². The Hall–Kier alpha value is 0.190. The maximum absolute atomic E-state index is 5.76. The zero-order chi connectivity index (χ0) is 13.9. The minimum Gasteiger partial charge on any atom is -0.380 e. The Bertz CT molecular complexity index is 218. The summed E-state index contributed by atoms with van der Waals surface area (Å²) in [5.41, 5.74) is 0. The van der Waals surface area contributed by atoms with E-state index >= 15 is 0 Å². The van der Waals surface area contributed by atoms with E-state index in [1.165, 1.54) is 0 Å². The fourth-order valence-corrected chi connectivity index (χ4v) is 2.37. The highest BCUT2D eigenvalue weighted by molar-refractivity contribution is 7.98. The summed E-state index contributed by atoms with van der Waals surface area (Å²) in [4.78, 5) is 2.45. The molecule has 1 N–H and O–H groups in total. The van der Waals surface area contributed by atoms with Gasteiger partial charge < -0.3 is 14.8 Å². The van der Waals surface area contributed by atoms with Crippen molar-refractivity contribution in [2.75, 3.05) is 58.1 Å². The third-order valence-corrected chi connectivity index (χ3v) is 3.73. The van der Waals surface area contributed by atoms with Gasteiger partial charge in [0.1, 0.15) is 0 Å². The summed E-state index contributed by atoms with van der Waals surface area (Å²) in [6.07, 6.45) is 3.59. The van der Waals surface area contributed by atoms with Gasteiger partial charge in [-0.3, -0.25) is 4.90 Å². The SMILES string of the molecule is CSCNC[C@H]1CN(CCOCCC(C)C)CCO1. The van der Waals surface area contributed by atoms with Gasteiger partial charge >= 0.3 is 0 Å². The fourth-order valence-electron chi connectivity index (χ4n) is 2.04. The summed E-state index contributed by atoms with van der Waals surface area (Å²) in [6, 6.07) is 0. The molecule has 0 aromatic heterocycles. The van der Waals surface area contributed by atoms with E-state index in [9.17, 15) is 0 Å². The van der Waals surface area contributed by atoms with Crippen LogP contribution in [-0.4, -0.2) is 69.1 Å². The molecule has 0 spiro atoms. The van der Waals surface area contributed by atoms with E-state index in [0.29, 0.717) is 6.10 Å². The highest BCUT2D eigenvalue weighted by Crippen LogP contribution is 2.05. The minimum atomic E-state index is 0.330. The molecule has 114 valence electrons. The fraction of sp³-hybridized carbons (Fsp3) is 1.00. The minimum absolute atomic E-state index is 0.330. The molecule has 0 unspecified atom stereocenters. The van der Waals surface area contributed by atoms with Gasteiger partial charge in [-0.15, -0.1) is 11.8 Å². The standard InChI is InChI=1S/C14H30N2O2S/c1-13(2)4-7-17-8-5-16-6-9-18-14(11-16)10-15-12-19-3/h13-15H,4-12H2,1-3H3/t14-/m0/s1. The van der Waals surface area contributed by atoms with Crippen molar-refractivity contribution in [3.63, 3.8) is 0 Å². The molecular formula is C14H30N2O2S. The third kappa shape index (κ3) is 8.87. The van der Waals surface area contributed by atoms with E-state index < -0.39 is 0 Å². The van der Waals surface area contributed by atoms with Gasteiger partial charge in [0.25, 0.3) is 0 Å². The molecule has 0 aromatic carbocycles. The average Bonchev–Trinajstić information content (AvgIpc) is 2.39. The summed E-state index contributed by atoms with van der Waals surface area (Å²) >= 11 is 1.81. The summed E-state index contributed by atoms with van der Waals surface area (Å²) in [5, 5.41) is 3.39. The molecule has 0 aromatic rings. The van der Waals surface area contributed by atoms with Crippen molar-refractivity contribution in [3.05, 3.63) is 0 Å². The van der Waals surface area contributed by atoms with Gasteiger partial charge in [-0.25, -0.2) is 0 Å². The number of thioether (sulfide) groups is 1. The van der Waals surface area contributed by atoms with Gasteiger partial charge in [-0.2, -0.15) is 0 Å². The zero-order valence-corrected chi connectivity index (χ0v) is 13.5. The smallest absolute Gasteiger partial charge is 0.0827 e. The van der Waals surface area contributed by atoms with Crippen LogP contribution in [0.5, 0.6) is 0 Å². The van der Waals surface area contributed by atoms with Crippen LogP contribution in [0.25, 0.3) is 0 Å². The average molecular weight is 290 g/mol. The molecule has 1 saturated heterocycles. The number of nitrogens with one attached hydrogen (secondary N) is 1. The zero-order valence-electron chi connectivity index (χ0n) is 12.7. The highest BCUT2D eigenvalue weighted by Gasteiger charge is 2.19. The lowest BCUT2D eigenvalue weighted by molar-refractivity contribution is -0.0346.